The van der Waals surface area contributed by atoms with Crippen molar-refractivity contribution >= 4 is 11.9 Å². The first-order valence-corrected chi connectivity index (χ1v) is 11.3. The smallest absolute Gasteiger partial charge is 0.305 e. The zero-order valence-corrected chi connectivity index (χ0v) is 18.6. The second-order valence-electron chi connectivity index (χ2n) is 7.76. The molecule has 0 aliphatic heterocycles. The SMILES string of the molecule is CCOC(=O)CCCNC(=O)CCC(c1ccccc1)(c1ccccc1)c1ccccc1. The highest BCUT2D eigenvalue weighted by Gasteiger charge is 2.36. The Balaban J connectivity index is 1.81. The molecule has 4 nitrogen and oxygen atoms in total. The fourth-order valence-electron chi connectivity index (χ4n) is 4.18. The van der Waals surface area contributed by atoms with Crippen molar-refractivity contribution < 1.29 is 14.3 Å². The number of carbonyl (C=O) groups is 2. The van der Waals surface area contributed by atoms with E-state index in [1.165, 1.54) is 0 Å². The Hall–Kier alpha value is -3.40. The third-order valence-corrected chi connectivity index (χ3v) is 5.71. The lowest BCUT2D eigenvalue weighted by molar-refractivity contribution is -0.143. The Morgan fingerprint density at radius 1 is 0.750 bits per heavy atom. The zero-order chi connectivity index (χ0) is 22.7. The van der Waals surface area contributed by atoms with Crippen LogP contribution in [0.15, 0.2) is 91.0 Å². The topological polar surface area (TPSA) is 55.4 Å². The predicted octanol–water partition coefficient (Wildman–Crippen LogP) is 5.26. The second kappa shape index (κ2) is 11.8. The maximum absolute atomic E-state index is 12.7. The van der Waals surface area contributed by atoms with Crippen LogP contribution >= 0.6 is 0 Å². The number of esters is 1. The number of rotatable bonds is 11. The Morgan fingerprint density at radius 2 is 1.22 bits per heavy atom. The van der Waals surface area contributed by atoms with Gasteiger partial charge in [-0.2, -0.15) is 0 Å². The van der Waals surface area contributed by atoms with Crippen LogP contribution < -0.4 is 5.32 Å². The first-order chi connectivity index (χ1) is 15.7. The zero-order valence-electron chi connectivity index (χ0n) is 18.6. The minimum Gasteiger partial charge on any atom is -0.466 e. The maximum Gasteiger partial charge on any atom is 0.305 e. The van der Waals surface area contributed by atoms with Gasteiger partial charge in [-0.15, -0.1) is 0 Å². The number of amides is 1. The molecule has 0 saturated carbocycles. The van der Waals surface area contributed by atoms with Crippen LogP contribution in [0.5, 0.6) is 0 Å². The van der Waals surface area contributed by atoms with Crippen molar-refractivity contribution in [3.8, 4) is 0 Å². The molecule has 4 heteroatoms. The molecule has 0 unspecified atom stereocenters. The highest BCUT2D eigenvalue weighted by atomic mass is 16.5. The van der Waals surface area contributed by atoms with Crippen molar-refractivity contribution in [3.63, 3.8) is 0 Å². The average Bonchev–Trinajstić information content (AvgIpc) is 2.84. The van der Waals surface area contributed by atoms with Crippen LogP contribution in [-0.2, 0) is 19.7 Å². The molecule has 0 radical (unpaired) electrons. The Bertz CT molecular complexity index is 875. The van der Waals surface area contributed by atoms with Gasteiger partial charge in [0.1, 0.15) is 0 Å². The minimum absolute atomic E-state index is 0.0129. The van der Waals surface area contributed by atoms with E-state index in [9.17, 15) is 9.59 Å². The Labute approximate surface area is 190 Å². The Kier molecular flexibility index (Phi) is 8.61. The summed E-state index contributed by atoms with van der Waals surface area (Å²) in [7, 11) is 0. The lowest BCUT2D eigenvalue weighted by Gasteiger charge is -2.36. The monoisotopic (exact) mass is 429 g/mol. The van der Waals surface area contributed by atoms with Gasteiger partial charge in [-0.25, -0.2) is 0 Å². The normalized spacial score (nSPS) is 11.0. The number of ether oxygens (including phenoxy) is 1. The van der Waals surface area contributed by atoms with Gasteiger partial charge in [-0.05, 0) is 36.5 Å². The largest absolute Gasteiger partial charge is 0.466 e. The van der Waals surface area contributed by atoms with Gasteiger partial charge in [0.15, 0.2) is 0 Å². The lowest BCUT2D eigenvalue weighted by atomic mass is 9.66. The summed E-state index contributed by atoms with van der Waals surface area (Å²) in [6, 6.07) is 31.1. The summed E-state index contributed by atoms with van der Waals surface area (Å²) in [6.07, 6.45) is 1.90. The summed E-state index contributed by atoms with van der Waals surface area (Å²) in [5, 5.41) is 2.96. The fraction of sp³-hybridized carbons (Fsp3) is 0.286. The quantitative estimate of drug-likeness (QED) is 0.257. The predicted molar refractivity (Wildman–Crippen MR) is 127 cm³/mol. The summed E-state index contributed by atoms with van der Waals surface area (Å²) in [5.41, 5.74) is 3.04. The van der Waals surface area contributed by atoms with Crippen LogP contribution in [0.1, 0.15) is 49.3 Å². The van der Waals surface area contributed by atoms with E-state index < -0.39 is 5.41 Å². The maximum atomic E-state index is 12.7. The summed E-state index contributed by atoms with van der Waals surface area (Å²) in [4.78, 5) is 24.2. The fourth-order valence-corrected chi connectivity index (χ4v) is 4.18. The molecule has 0 heterocycles. The van der Waals surface area contributed by atoms with E-state index in [4.69, 9.17) is 4.74 Å². The minimum atomic E-state index is -0.438. The van der Waals surface area contributed by atoms with Gasteiger partial charge in [0.2, 0.25) is 5.91 Å². The van der Waals surface area contributed by atoms with Gasteiger partial charge >= 0.3 is 5.97 Å². The first kappa shape index (κ1) is 23.3. The van der Waals surface area contributed by atoms with Crippen LogP contribution in [0.25, 0.3) is 0 Å². The van der Waals surface area contributed by atoms with E-state index >= 15 is 0 Å². The lowest BCUT2D eigenvalue weighted by Crippen LogP contribution is -2.33. The summed E-state index contributed by atoms with van der Waals surface area (Å²) in [6.45, 7) is 2.64. The highest BCUT2D eigenvalue weighted by molar-refractivity contribution is 5.76. The second-order valence-corrected chi connectivity index (χ2v) is 7.76. The molecule has 3 aromatic carbocycles. The highest BCUT2D eigenvalue weighted by Crippen LogP contribution is 2.42. The molecule has 0 fully saturated rings. The van der Waals surface area contributed by atoms with Crippen LogP contribution in [0.4, 0.5) is 0 Å². The summed E-state index contributed by atoms with van der Waals surface area (Å²) >= 11 is 0. The molecule has 0 aliphatic carbocycles. The molecule has 3 rings (SSSR count). The molecule has 166 valence electrons. The van der Waals surface area contributed by atoms with E-state index in [1.807, 2.05) is 54.6 Å². The van der Waals surface area contributed by atoms with Gasteiger partial charge in [0, 0.05) is 24.8 Å². The van der Waals surface area contributed by atoms with E-state index in [-0.39, 0.29) is 11.9 Å². The van der Waals surface area contributed by atoms with Crippen molar-refractivity contribution in [2.75, 3.05) is 13.2 Å². The molecule has 1 N–H and O–H groups in total. The molecule has 1 amide bonds. The average molecular weight is 430 g/mol. The van der Waals surface area contributed by atoms with Crippen molar-refractivity contribution in [1.29, 1.82) is 0 Å². The number of benzene rings is 3. The van der Waals surface area contributed by atoms with Gasteiger partial charge in [-0.3, -0.25) is 9.59 Å². The summed E-state index contributed by atoms with van der Waals surface area (Å²) in [5.74, 6) is -0.237. The van der Waals surface area contributed by atoms with Crippen molar-refractivity contribution in [2.24, 2.45) is 0 Å². The van der Waals surface area contributed by atoms with E-state index in [0.717, 1.165) is 16.7 Å². The molecule has 0 spiro atoms. The third kappa shape index (κ3) is 5.85. The number of hydrogen-bond donors (Lipinski definition) is 1. The molecule has 0 aliphatic rings. The first-order valence-electron chi connectivity index (χ1n) is 11.3. The van der Waals surface area contributed by atoms with Crippen molar-refractivity contribution in [1.82, 2.24) is 5.32 Å². The van der Waals surface area contributed by atoms with Gasteiger partial charge < -0.3 is 10.1 Å². The summed E-state index contributed by atoms with van der Waals surface area (Å²) < 4.78 is 4.94. The third-order valence-electron chi connectivity index (χ3n) is 5.71. The molecule has 0 atom stereocenters. The number of hydrogen-bond acceptors (Lipinski definition) is 3. The molecule has 3 aromatic rings. The molecule has 32 heavy (non-hydrogen) atoms. The molecule has 0 bridgehead atoms. The van der Waals surface area contributed by atoms with Crippen LogP contribution in [-0.4, -0.2) is 25.0 Å². The molecular formula is C28H31NO3. The number of carbonyl (C=O) groups excluding carboxylic acids is 2. The van der Waals surface area contributed by atoms with Crippen molar-refractivity contribution in [3.05, 3.63) is 108 Å². The molecular weight excluding hydrogens is 398 g/mol. The van der Waals surface area contributed by atoms with Gasteiger partial charge in [-0.1, -0.05) is 91.0 Å². The van der Waals surface area contributed by atoms with E-state index in [0.29, 0.717) is 38.8 Å². The van der Waals surface area contributed by atoms with E-state index in [1.54, 1.807) is 6.92 Å². The van der Waals surface area contributed by atoms with Crippen LogP contribution in [0, 0.1) is 0 Å². The standard InChI is InChI=1S/C28H31NO3/c1-2-32-27(31)19-12-22-29-26(30)20-21-28(23-13-6-3-7-14-23,24-15-8-4-9-16-24)25-17-10-5-11-18-25/h3-11,13-18H,2,12,19-22H2,1H3,(H,29,30). The molecule has 0 saturated heterocycles. The number of nitrogens with one attached hydrogen (secondary N) is 1. The van der Waals surface area contributed by atoms with Gasteiger partial charge in [0.25, 0.3) is 0 Å². The Morgan fingerprint density at radius 3 is 1.66 bits per heavy atom. The van der Waals surface area contributed by atoms with Crippen molar-refractivity contribution in [2.45, 2.75) is 38.0 Å². The van der Waals surface area contributed by atoms with E-state index in [2.05, 4.69) is 41.7 Å². The molecule has 0 aromatic heterocycles. The van der Waals surface area contributed by atoms with Crippen LogP contribution in [0.3, 0.4) is 0 Å². The van der Waals surface area contributed by atoms with Crippen LogP contribution in [0.2, 0.25) is 0 Å². The van der Waals surface area contributed by atoms with Gasteiger partial charge in [0.05, 0.1) is 6.61 Å².